The van der Waals surface area contributed by atoms with E-state index >= 15 is 0 Å². The Bertz CT molecular complexity index is 540. The molecular formula is C13H15N3O. The van der Waals surface area contributed by atoms with Gasteiger partial charge in [-0.3, -0.25) is 4.98 Å². The number of nitrogens with zero attached hydrogens (tertiary/aromatic N) is 3. The molecule has 0 saturated heterocycles. The van der Waals surface area contributed by atoms with Crippen LogP contribution in [0.4, 0.5) is 0 Å². The topological polar surface area (TPSA) is 58.9 Å². The average Bonchev–Trinajstić information content (AvgIpc) is 2.32. The van der Waals surface area contributed by atoms with Crippen molar-refractivity contribution in [2.24, 2.45) is 0 Å². The fraction of sp³-hybridized carbons (Fsp3) is 0.308. The molecule has 0 bridgehead atoms. The number of aliphatic hydroxyl groups excluding tert-OH is 1. The van der Waals surface area contributed by atoms with E-state index < -0.39 is 6.10 Å². The van der Waals surface area contributed by atoms with Crippen LogP contribution in [0.5, 0.6) is 0 Å². The molecule has 0 fully saturated rings. The molecule has 2 aromatic heterocycles. The van der Waals surface area contributed by atoms with Crippen molar-refractivity contribution in [2.45, 2.75) is 26.9 Å². The molecule has 1 unspecified atom stereocenters. The van der Waals surface area contributed by atoms with Crippen LogP contribution in [0.3, 0.4) is 0 Å². The van der Waals surface area contributed by atoms with Crippen LogP contribution >= 0.6 is 0 Å². The van der Waals surface area contributed by atoms with E-state index in [1.165, 1.54) is 0 Å². The van der Waals surface area contributed by atoms with E-state index in [4.69, 9.17) is 0 Å². The maximum absolute atomic E-state index is 10.4. The zero-order valence-corrected chi connectivity index (χ0v) is 10.2. The minimum absolute atomic E-state index is 0.696. The van der Waals surface area contributed by atoms with Crippen LogP contribution in [0.1, 0.15) is 34.2 Å². The molecule has 0 aromatic carbocycles. The Morgan fingerprint density at radius 2 is 1.88 bits per heavy atom. The normalized spacial score (nSPS) is 12.5. The second-order valence-electron chi connectivity index (χ2n) is 4.16. The Labute approximate surface area is 100 Å². The molecule has 0 spiro atoms. The molecular weight excluding hydrogens is 214 g/mol. The third-order valence-electron chi connectivity index (χ3n) is 2.81. The van der Waals surface area contributed by atoms with Crippen LogP contribution in [0.25, 0.3) is 0 Å². The molecule has 1 atom stereocenters. The molecule has 0 aliphatic rings. The van der Waals surface area contributed by atoms with Crippen molar-refractivity contribution in [1.82, 2.24) is 15.2 Å². The summed E-state index contributed by atoms with van der Waals surface area (Å²) < 4.78 is 0. The fourth-order valence-corrected chi connectivity index (χ4v) is 1.78. The number of rotatable bonds is 2. The first kappa shape index (κ1) is 11.7. The second kappa shape index (κ2) is 4.59. The van der Waals surface area contributed by atoms with E-state index in [0.717, 1.165) is 28.1 Å². The molecule has 0 aliphatic heterocycles. The number of hydrogen-bond donors (Lipinski definition) is 1. The Morgan fingerprint density at radius 3 is 2.59 bits per heavy atom. The first-order valence-electron chi connectivity index (χ1n) is 5.49. The zero-order chi connectivity index (χ0) is 12.4. The summed E-state index contributed by atoms with van der Waals surface area (Å²) in [6.07, 6.45) is 2.71. The summed E-state index contributed by atoms with van der Waals surface area (Å²) in [5.74, 6) is 0. The molecule has 0 radical (unpaired) electrons. The number of pyridine rings is 1. The van der Waals surface area contributed by atoms with Crippen molar-refractivity contribution in [2.75, 3.05) is 0 Å². The SMILES string of the molecule is Cc1cc(C(O)c2cnccc2C)c(C)nn1. The average molecular weight is 229 g/mol. The highest BCUT2D eigenvalue weighted by Gasteiger charge is 2.16. The number of aromatic nitrogens is 3. The Hall–Kier alpha value is -1.81. The van der Waals surface area contributed by atoms with Gasteiger partial charge >= 0.3 is 0 Å². The summed E-state index contributed by atoms with van der Waals surface area (Å²) in [6, 6.07) is 3.74. The lowest BCUT2D eigenvalue weighted by molar-refractivity contribution is 0.217. The second-order valence-corrected chi connectivity index (χ2v) is 4.16. The van der Waals surface area contributed by atoms with Gasteiger partial charge in [0.15, 0.2) is 0 Å². The molecule has 0 amide bonds. The molecule has 4 nitrogen and oxygen atoms in total. The molecule has 2 heterocycles. The Morgan fingerprint density at radius 1 is 1.12 bits per heavy atom. The predicted octanol–water partition coefficient (Wildman–Crippen LogP) is 1.88. The monoisotopic (exact) mass is 229 g/mol. The zero-order valence-electron chi connectivity index (χ0n) is 10.2. The Kier molecular flexibility index (Phi) is 3.15. The molecule has 0 saturated carbocycles. The van der Waals surface area contributed by atoms with Gasteiger partial charge in [0.2, 0.25) is 0 Å². The highest BCUT2D eigenvalue weighted by atomic mass is 16.3. The van der Waals surface area contributed by atoms with E-state index in [-0.39, 0.29) is 0 Å². The summed E-state index contributed by atoms with van der Waals surface area (Å²) in [7, 11) is 0. The standard InChI is InChI=1S/C13H15N3O/c1-8-4-5-14-7-12(8)13(17)11-6-9(2)15-16-10(11)3/h4-7,13,17H,1-3H3. The Balaban J connectivity index is 2.47. The molecule has 17 heavy (non-hydrogen) atoms. The third-order valence-corrected chi connectivity index (χ3v) is 2.81. The van der Waals surface area contributed by atoms with E-state index in [2.05, 4.69) is 15.2 Å². The number of aryl methyl sites for hydroxylation is 3. The highest BCUT2D eigenvalue weighted by Crippen LogP contribution is 2.25. The minimum atomic E-state index is -0.696. The highest BCUT2D eigenvalue weighted by molar-refractivity contribution is 5.34. The van der Waals surface area contributed by atoms with Crippen LogP contribution in [0.2, 0.25) is 0 Å². The van der Waals surface area contributed by atoms with Gasteiger partial charge in [0, 0.05) is 23.5 Å². The number of aliphatic hydroxyl groups is 1. The fourth-order valence-electron chi connectivity index (χ4n) is 1.78. The first-order chi connectivity index (χ1) is 8.09. The van der Waals surface area contributed by atoms with Gasteiger partial charge in [-0.05, 0) is 38.5 Å². The van der Waals surface area contributed by atoms with Crippen molar-refractivity contribution in [3.63, 3.8) is 0 Å². The summed E-state index contributed by atoms with van der Waals surface area (Å²) in [6.45, 7) is 5.66. The molecule has 2 aromatic rings. The van der Waals surface area contributed by atoms with Crippen LogP contribution in [-0.2, 0) is 0 Å². The smallest absolute Gasteiger partial charge is 0.108 e. The molecule has 4 heteroatoms. The van der Waals surface area contributed by atoms with Crippen molar-refractivity contribution >= 4 is 0 Å². The van der Waals surface area contributed by atoms with E-state index in [0.29, 0.717) is 0 Å². The van der Waals surface area contributed by atoms with Crippen LogP contribution < -0.4 is 0 Å². The van der Waals surface area contributed by atoms with E-state index in [1.54, 1.807) is 12.4 Å². The molecule has 88 valence electrons. The quantitative estimate of drug-likeness (QED) is 0.854. The van der Waals surface area contributed by atoms with E-state index in [9.17, 15) is 5.11 Å². The summed E-state index contributed by atoms with van der Waals surface area (Å²) in [5, 5.41) is 18.4. The largest absolute Gasteiger partial charge is 0.384 e. The summed E-state index contributed by atoms with van der Waals surface area (Å²) >= 11 is 0. The van der Waals surface area contributed by atoms with Gasteiger partial charge in [-0.1, -0.05) is 0 Å². The lowest BCUT2D eigenvalue weighted by Crippen LogP contribution is -2.07. The molecule has 1 N–H and O–H groups in total. The summed E-state index contributed by atoms with van der Waals surface area (Å²) in [5.41, 5.74) is 4.15. The third kappa shape index (κ3) is 2.31. The molecule has 0 aliphatic carbocycles. The van der Waals surface area contributed by atoms with Crippen LogP contribution in [0, 0.1) is 20.8 Å². The van der Waals surface area contributed by atoms with E-state index in [1.807, 2.05) is 32.9 Å². The predicted molar refractivity (Wildman–Crippen MR) is 64.5 cm³/mol. The lowest BCUT2D eigenvalue weighted by Gasteiger charge is -2.15. The number of hydrogen-bond acceptors (Lipinski definition) is 4. The van der Waals surface area contributed by atoms with Gasteiger partial charge in [0.25, 0.3) is 0 Å². The maximum Gasteiger partial charge on any atom is 0.108 e. The van der Waals surface area contributed by atoms with Gasteiger partial charge in [-0.15, -0.1) is 0 Å². The van der Waals surface area contributed by atoms with Crippen molar-refractivity contribution in [1.29, 1.82) is 0 Å². The van der Waals surface area contributed by atoms with Crippen molar-refractivity contribution in [3.05, 3.63) is 52.6 Å². The summed E-state index contributed by atoms with van der Waals surface area (Å²) in [4.78, 5) is 4.05. The van der Waals surface area contributed by atoms with Crippen molar-refractivity contribution < 1.29 is 5.11 Å². The van der Waals surface area contributed by atoms with Gasteiger partial charge in [0.1, 0.15) is 6.10 Å². The lowest BCUT2D eigenvalue weighted by atomic mass is 9.98. The van der Waals surface area contributed by atoms with Gasteiger partial charge in [0.05, 0.1) is 11.4 Å². The van der Waals surface area contributed by atoms with Crippen molar-refractivity contribution in [3.8, 4) is 0 Å². The maximum atomic E-state index is 10.4. The first-order valence-corrected chi connectivity index (χ1v) is 5.49. The van der Waals surface area contributed by atoms with Crippen LogP contribution in [-0.4, -0.2) is 20.3 Å². The molecule has 2 rings (SSSR count). The minimum Gasteiger partial charge on any atom is -0.384 e. The van der Waals surface area contributed by atoms with Gasteiger partial charge in [-0.25, -0.2) is 0 Å². The van der Waals surface area contributed by atoms with Crippen LogP contribution in [0.15, 0.2) is 24.5 Å². The van der Waals surface area contributed by atoms with Gasteiger partial charge in [-0.2, -0.15) is 10.2 Å². The van der Waals surface area contributed by atoms with Gasteiger partial charge < -0.3 is 5.11 Å².